The smallest absolute Gasteiger partial charge is 0.416 e. The maximum atomic E-state index is 12.8. The van der Waals surface area contributed by atoms with Gasteiger partial charge in [0.25, 0.3) is 0 Å². The van der Waals surface area contributed by atoms with Crippen molar-refractivity contribution in [3.8, 4) is 0 Å². The van der Waals surface area contributed by atoms with E-state index in [4.69, 9.17) is 4.74 Å². The number of hydrogen-bond acceptors (Lipinski definition) is 6. The van der Waals surface area contributed by atoms with Crippen molar-refractivity contribution in [3.63, 3.8) is 0 Å². The van der Waals surface area contributed by atoms with E-state index >= 15 is 0 Å². The molecule has 7 nitrogen and oxygen atoms in total. The van der Waals surface area contributed by atoms with Crippen molar-refractivity contribution in [1.29, 1.82) is 0 Å². The van der Waals surface area contributed by atoms with Gasteiger partial charge in [0, 0.05) is 6.20 Å². The lowest BCUT2D eigenvalue weighted by atomic mass is 10.3. The molecule has 0 saturated carbocycles. The lowest BCUT2D eigenvalue weighted by Crippen LogP contribution is -2.40. The molecule has 0 bridgehead atoms. The molecule has 1 unspecified atom stereocenters. The van der Waals surface area contributed by atoms with Gasteiger partial charge in [-0.15, -0.1) is 0 Å². The van der Waals surface area contributed by atoms with Crippen molar-refractivity contribution in [3.05, 3.63) is 18.3 Å². The van der Waals surface area contributed by atoms with Crippen molar-refractivity contribution in [2.24, 2.45) is 0 Å². The van der Waals surface area contributed by atoms with Gasteiger partial charge >= 0.3 is 18.1 Å². The second kappa shape index (κ2) is 4.32. The molecule has 8 heteroatoms. The molecule has 1 aromatic rings. The summed E-state index contributed by atoms with van der Waals surface area (Å²) in [6, 6.07) is 0.341. The summed E-state index contributed by atoms with van der Waals surface area (Å²) in [6.45, 7) is -0.156. The van der Waals surface area contributed by atoms with Gasteiger partial charge in [-0.1, -0.05) is 0 Å². The minimum atomic E-state index is -0.995. The molecule has 1 aromatic heterocycles. The van der Waals surface area contributed by atoms with Crippen molar-refractivity contribution < 1.29 is 23.5 Å². The molecule has 0 aromatic carbocycles. The van der Waals surface area contributed by atoms with Gasteiger partial charge in [0.05, 0.1) is 7.11 Å². The molecule has 1 saturated heterocycles. The van der Waals surface area contributed by atoms with Crippen LogP contribution in [0.1, 0.15) is 0 Å². The molecular formula is C9H8FN3O4. The summed E-state index contributed by atoms with van der Waals surface area (Å²) in [7, 11) is 1.18. The average Bonchev–Trinajstić information content (AvgIpc) is 2.70. The normalized spacial score (nSPS) is 19.1. The number of amides is 1. The van der Waals surface area contributed by atoms with Gasteiger partial charge in [0.15, 0.2) is 6.04 Å². The second-order valence-corrected chi connectivity index (χ2v) is 3.17. The summed E-state index contributed by atoms with van der Waals surface area (Å²) in [4.78, 5) is 30.4. The fraction of sp³-hybridized carbons (Fsp3) is 0.333. The number of hydrogen-bond donors (Lipinski definition) is 0. The summed E-state index contributed by atoms with van der Waals surface area (Å²) in [5.74, 6) is -0.703. The Kier molecular flexibility index (Phi) is 2.86. The van der Waals surface area contributed by atoms with Crippen LogP contribution in [0.15, 0.2) is 12.3 Å². The third kappa shape index (κ3) is 2.01. The maximum Gasteiger partial charge on any atom is 0.416 e. The number of halogens is 1. The van der Waals surface area contributed by atoms with E-state index in [1.165, 1.54) is 13.2 Å². The zero-order chi connectivity index (χ0) is 12.4. The van der Waals surface area contributed by atoms with E-state index in [0.29, 0.717) is 0 Å². The number of esters is 1. The molecule has 2 rings (SSSR count). The Morgan fingerprint density at radius 1 is 1.71 bits per heavy atom. The van der Waals surface area contributed by atoms with Gasteiger partial charge in [0.2, 0.25) is 0 Å². The van der Waals surface area contributed by atoms with Crippen molar-refractivity contribution >= 4 is 17.9 Å². The van der Waals surface area contributed by atoms with Crippen molar-refractivity contribution in [2.45, 2.75) is 6.04 Å². The fourth-order valence-corrected chi connectivity index (χ4v) is 1.44. The largest absolute Gasteiger partial charge is 0.467 e. The number of nitrogens with zero attached hydrogens (tertiary/aromatic N) is 3. The number of cyclic esters (lactones) is 1. The predicted octanol–water partition coefficient (Wildman–Crippen LogP) is 0.114. The third-order valence-corrected chi connectivity index (χ3v) is 2.20. The van der Waals surface area contributed by atoms with E-state index in [1.807, 2.05) is 0 Å². The number of anilines is 1. The van der Waals surface area contributed by atoms with Gasteiger partial charge in [-0.3, -0.25) is 0 Å². The first-order chi connectivity index (χ1) is 8.13. The summed E-state index contributed by atoms with van der Waals surface area (Å²) in [5, 5.41) is 0. The van der Waals surface area contributed by atoms with Gasteiger partial charge in [-0.2, -0.15) is 9.37 Å². The Labute approximate surface area is 95.2 Å². The van der Waals surface area contributed by atoms with E-state index in [1.54, 1.807) is 0 Å². The Hall–Kier alpha value is -2.25. The van der Waals surface area contributed by atoms with Crippen LogP contribution in [-0.4, -0.2) is 41.8 Å². The summed E-state index contributed by atoms with van der Waals surface area (Å²) in [5.41, 5.74) is 0. The topological polar surface area (TPSA) is 81.6 Å². The average molecular weight is 241 g/mol. The first kappa shape index (κ1) is 11.2. The molecule has 90 valence electrons. The summed E-state index contributed by atoms with van der Waals surface area (Å²) >= 11 is 0. The van der Waals surface area contributed by atoms with Crippen LogP contribution in [0.2, 0.25) is 0 Å². The molecule has 1 aliphatic heterocycles. The highest BCUT2D eigenvalue weighted by Gasteiger charge is 2.40. The zero-order valence-electron chi connectivity index (χ0n) is 8.79. The van der Waals surface area contributed by atoms with Crippen LogP contribution in [0.4, 0.5) is 15.0 Å². The van der Waals surface area contributed by atoms with Crippen LogP contribution in [0, 0.1) is 6.08 Å². The monoisotopic (exact) mass is 241 g/mol. The van der Waals surface area contributed by atoms with Crippen LogP contribution in [0.3, 0.4) is 0 Å². The van der Waals surface area contributed by atoms with Crippen LogP contribution >= 0.6 is 0 Å². The van der Waals surface area contributed by atoms with Crippen LogP contribution < -0.4 is 4.90 Å². The Morgan fingerprint density at radius 3 is 3.12 bits per heavy atom. The molecule has 0 aliphatic carbocycles. The maximum absolute atomic E-state index is 12.8. The van der Waals surface area contributed by atoms with E-state index in [0.717, 1.165) is 11.1 Å². The molecule has 1 amide bonds. The quantitative estimate of drug-likeness (QED) is 0.540. The number of carbonyl (C=O) groups excluding carboxylic acids is 2. The molecule has 0 N–H and O–H groups in total. The van der Waals surface area contributed by atoms with Gasteiger partial charge < -0.3 is 9.47 Å². The van der Waals surface area contributed by atoms with E-state index in [-0.39, 0.29) is 12.4 Å². The van der Waals surface area contributed by atoms with E-state index in [2.05, 4.69) is 14.7 Å². The van der Waals surface area contributed by atoms with Gasteiger partial charge in [-0.25, -0.2) is 19.5 Å². The number of rotatable bonds is 2. The lowest BCUT2D eigenvalue weighted by Gasteiger charge is -2.17. The Balaban J connectivity index is 2.34. The Morgan fingerprint density at radius 2 is 2.47 bits per heavy atom. The first-order valence-electron chi connectivity index (χ1n) is 4.66. The third-order valence-electron chi connectivity index (χ3n) is 2.20. The molecule has 0 spiro atoms. The van der Waals surface area contributed by atoms with Crippen LogP contribution in [0.5, 0.6) is 0 Å². The highest BCUT2D eigenvalue weighted by atomic mass is 19.1. The number of methoxy groups -OCH3 is 1. The van der Waals surface area contributed by atoms with Gasteiger partial charge in [0.1, 0.15) is 12.4 Å². The molecule has 2 heterocycles. The summed E-state index contributed by atoms with van der Waals surface area (Å²) < 4.78 is 22.1. The van der Waals surface area contributed by atoms with E-state index in [9.17, 15) is 14.0 Å². The second-order valence-electron chi connectivity index (χ2n) is 3.17. The summed E-state index contributed by atoms with van der Waals surface area (Å²) in [6.07, 6.45) is -0.637. The highest BCUT2D eigenvalue weighted by Crippen LogP contribution is 2.21. The molecule has 1 atom stereocenters. The molecular weight excluding hydrogens is 233 g/mol. The minimum absolute atomic E-state index is 0.0459. The van der Waals surface area contributed by atoms with Crippen molar-refractivity contribution in [2.75, 3.05) is 18.6 Å². The fourth-order valence-electron chi connectivity index (χ4n) is 1.44. The van der Waals surface area contributed by atoms with Gasteiger partial charge in [-0.05, 0) is 6.07 Å². The van der Waals surface area contributed by atoms with Crippen LogP contribution in [-0.2, 0) is 14.3 Å². The Bertz CT molecular complexity index is 467. The van der Waals surface area contributed by atoms with Crippen molar-refractivity contribution in [1.82, 2.24) is 9.97 Å². The number of aromatic nitrogens is 2. The number of ether oxygens (including phenoxy) is 2. The number of carbonyl (C=O) groups is 2. The molecule has 17 heavy (non-hydrogen) atoms. The molecule has 1 fully saturated rings. The first-order valence-corrected chi connectivity index (χ1v) is 4.66. The SMILES string of the molecule is COC(=O)C1COC(=O)N1c1ccnc(F)n1. The minimum Gasteiger partial charge on any atom is -0.467 e. The molecule has 0 radical (unpaired) electrons. The standard InChI is InChI=1S/C9H8FN3O4/c1-16-7(14)5-4-17-9(15)13(5)6-2-3-11-8(10)12-6/h2-3,5H,4H2,1H3. The van der Waals surface area contributed by atoms with Crippen LogP contribution in [0.25, 0.3) is 0 Å². The molecule has 1 aliphatic rings. The van der Waals surface area contributed by atoms with E-state index < -0.39 is 24.2 Å². The zero-order valence-corrected chi connectivity index (χ0v) is 8.79. The lowest BCUT2D eigenvalue weighted by molar-refractivity contribution is -0.142. The predicted molar refractivity (Wildman–Crippen MR) is 51.6 cm³/mol. The highest BCUT2D eigenvalue weighted by molar-refractivity contribution is 5.97.